The number of nitrogens with zero attached hydrogens (tertiary/aromatic N) is 4. The van der Waals surface area contributed by atoms with Gasteiger partial charge in [-0.05, 0) is 134 Å². The summed E-state index contributed by atoms with van der Waals surface area (Å²) >= 11 is 0. The van der Waals surface area contributed by atoms with Crippen molar-refractivity contribution in [2.24, 2.45) is 0 Å². The lowest BCUT2D eigenvalue weighted by Gasteiger charge is -2.46. The van der Waals surface area contributed by atoms with Gasteiger partial charge in [0.1, 0.15) is 17.1 Å². The van der Waals surface area contributed by atoms with Gasteiger partial charge in [0.2, 0.25) is 0 Å². The van der Waals surface area contributed by atoms with E-state index in [2.05, 4.69) is 133 Å². The maximum atomic E-state index is 13.3. The molecule has 58 heavy (non-hydrogen) atoms. The summed E-state index contributed by atoms with van der Waals surface area (Å²) in [6.07, 6.45) is 11.7. The van der Waals surface area contributed by atoms with Gasteiger partial charge in [-0.2, -0.15) is 0 Å². The zero-order valence-electron chi connectivity index (χ0n) is 39.3. The zero-order chi connectivity index (χ0) is 42.6. The molecular weight excluding hydrogens is 747 g/mol. The van der Waals surface area contributed by atoms with E-state index in [1.54, 1.807) is 5.56 Å². The van der Waals surface area contributed by atoms with Gasteiger partial charge >= 0.3 is 6.09 Å². The van der Waals surface area contributed by atoms with E-state index in [1.165, 1.54) is 59.7 Å². The molecule has 0 radical (unpaired) electrons. The SMILES string of the molecule is CC(C)[Si](C(C)C)(C(C)C)n1cc(C2CCCCC2)c2ccc(Nc3ccc4c5c(n([Si](C(C)C)(C(C)C)C(C)C)c4n3)CCC(N(C)C(=O)OC(C)(C)C)C5)cc21. The van der Waals surface area contributed by atoms with E-state index < -0.39 is 22.1 Å². The molecule has 4 aromatic rings. The van der Waals surface area contributed by atoms with Gasteiger partial charge in [0, 0.05) is 40.8 Å². The van der Waals surface area contributed by atoms with Crippen molar-refractivity contribution in [1.29, 1.82) is 0 Å². The third-order valence-electron chi connectivity index (χ3n) is 14.9. The van der Waals surface area contributed by atoms with Crippen LogP contribution in [0, 0.1) is 0 Å². The monoisotopic (exact) mass is 826 g/mol. The molecule has 3 heterocycles. The summed E-state index contributed by atoms with van der Waals surface area (Å²) in [5, 5.41) is 6.57. The molecule has 0 spiro atoms. The van der Waals surface area contributed by atoms with Crippen molar-refractivity contribution in [3.8, 4) is 0 Å². The Morgan fingerprint density at radius 2 is 1.36 bits per heavy atom. The lowest BCUT2D eigenvalue weighted by Crippen LogP contribution is -2.53. The Kier molecular flexibility index (Phi) is 12.9. The topological polar surface area (TPSA) is 64.3 Å². The summed E-state index contributed by atoms with van der Waals surface area (Å²) in [6.45, 7) is 35.5. The Morgan fingerprint density at radius 1 is 0.793 bits per heavy atom. The number of rotatable bonds is 12. The molecule has 0 bridgehead atoms. The molecule has 1 amide bonds. The summed E-state index contributed by atoms with van der Waals surface area (Å²) in [4.78, 5) is 20.8. The van der Waals surface area contributed by atoms with E-state index in [4.69, 9.17) is 9.72 Å². The first kappa shape index (κ1) is 44.5. The number of carbonyl (C=O) groups excluding carboxylic acids is 1. The Labute approximate surface area is 354 Å². The first-order valence-corrected chi connectivity index (χ1v) is 27.4. The molecule has 320 valence electrons. The Morgan fingerprint density at radius 3 is 1.91 bits per heavy atom. The van der Waals surface area contributed by atoms with Crippen LogP contribution in [-0.4, -0.2) is 59.6 Å². The van der Waals surface area contributed by atoms with Gasteiger partial charge in [0.25, 0.3) is 0 Å². The number of benzene rings is 1. The van der Waals surface area contributed by atoms with E-state index in [9.17, 15) is 4.79 Å². The van der Waals surface area contributed by atoms with Crippen molar-refractivity contribution in [2.75, 3.05) is 12.4 Å². The van der Waals surface area contributed by atoms with Crippen molar-refractivity contribution < 1.29 is 9.53 Å². The molecule has 1 aromatic carbocycles. The molecule has 1 N–H and O–H groups in total. The van der Waals surface area contributed by atoms with Crippen molar-refractivity contribution in [1.82, 2.24) is 18.3 Å². The number of anilines is 2. The second kappa shape index (κ2) is 16.8. The summed E-state index contributed by atoms with van der Waals surface area (Å²) < 4.78 is 11.5. The maximum Gasteiger partial charge on any atom is 0.410 e. The van der Waals surface area contributed by atoms with Crippen LogP contribution in [0.4, 0.5) is 16.3 Å². The highest BCUT2D eigenvalue weighted by Gasteiger charge is 2.49. The zero-order valence-corrected chi connectivity index (χ0v) is 41.3. The minimum Gasteiger partial charge on any atom is -0.444 e. The standard InChI is InChI=1S/C49H79N5O2Si2/c1-31(2)57(32(3)4,33(5)6)53-30-43(37-20-18-17-19-21-37)40-24-22-38(28-45(40)53)50-46-27-25-41-42-29-39(52(16)48(55)56-49(13,14)15)23-26-44(42)54(47(41)51-46)58(34(7)8,35(9)10)36(11)12/h22,24-25,27-28,30-37,39H,17-21,23,26,29H2,1-16H3,(H,50,51). The van der Waals surface area contributed by atoms with Crippen LogP contribution >= 0.6 is 0 Å². The molecule has 3 aromatic heterocycles. The highest BCUT2D eigenvalue weighted by molar-refractivity contribution is 6.83. The molecule has 9 heteroatoms. The van der Waals surface area contributed by atoms with Gasteiger partial charge in [-0.3, -0.25) is 0 Å². The number of amides is 1. The molecule has 1 unspecified atom stereocenters. The molecule has 0 aliphatic heterocycles. The summed E-state index contributed by atoms with van der Waals surface area (Å²) in [7, 11) is -2.31. The Bertz CT molecular complexity index is 2030. The van der Waals surface area contributed by atoms with Gasteiger partial charge in [0.05, 0.1) is 0 Å². The number of ether oxygens (including phenoxy) is 1. The predicted molar refractivity (Wildman–Crippen MR) is 253 cm³/mol. The van der Waals surface area contributed by atoms with Gasteiger partial charge in [-0.25, -0.2) is 9.78 Å². The first-order valence-electron chi connectivity index (χ1n) is 23.1. The average Bonchev–Trinajstić information content (AvgIpc) is 3.66. The minimum absolute atomic E-state index is 0.0760. The third kappa shape index (κ3) is 7.62. The van der Waals surface area contributed by atoms with Crippen LogP contribution in [0.3, 0.4) is 0 Å². The quantitative estimate of drug-likeness (QED) is 0.145. The number of fused-ring (bicyclic) bond motifs is 4. The molecule has 1 fully saturated rings. The van der Waals surface area contributed by atoms with Crippen molar-refractivity contribution in [3.63, 3.8) is 0 Å². The van der Waals surface area contributed by atoms with Gasteiger partial charge in [-0.1, -0.05) is 108 Å². The number of hydrogen-bond donors (Lipinski definition) is 1. The fourth-order valence-electron chi connectivity index (χ4n) is 12.9. The Hall–Kier alpha value is -3.05. The second-order valence-corrected chi connectivity index (χ2v) is 32.6. The van der Waals surface area contributed by atoms with E-state index in [0.29, 0.717) is 39.2 Å². The molecule has 2 aliphatic carbocycles. The van der Waals surface area contributed by atoms with Crippen LogP contribution in [0.2, 0.25) is 33.2 Å². The maximum absolute atomic E-state index is 13.3. The molecule has 7 nitrogen and oxygen atoms in total. The van der Waals surface area contributed by atoms with Crippen LogP contribution < -0.4 is 5.32 Å². The van der Waals surface area contributed by atoms with E-state index in [1.807, 2.05) is 32.7 Å². The second-order valence-electron chi connectivity index (χ2n) is 21.2. The molecule has 2 aliphatic rings. The van der Waals surface area contributed by atoms with E-state index in [0.717, 1.165) is 36.4 Å². The number of pyridine rings is 1. The normalized spacial score (nSPS) is 17.5. The van der Waals surface area contributed by atoms with E-state index in [-0.39, 0.29) is 12.1 Å². The van der Waals surface area contributed by atoms with Crippen LogP contribution in [0.5, 0.6) is 0 Å². The summed E-state index contributed by atoms with van der Waals surface area (Å²) in [6, 6.07) is 11.8. The van der Waals surface area contributed by atoms with Crippen molar-refractivity contribution >= 4 is 56.0 Å². The van der Waals surface area contributed by atoms with Gasteiger partial charge < -0.3 is 23.4 Å². The molecule has 1 atom stereocenters. The molecule has 6 rings (SSSR count). The van der Waals surface area contributed by atoms with Crippen LogP contribution in [0.15, 0.2) is 36.5 Å². The number of aromatic nitrogens is 3. The Balaban J connectivity index is 1.50. The number of hydrogen-bond acceptors (Lipinski definition) is 4. The van der Waals surface area contributed by atoms with E-state index >= 15 is 0 Å². The highest BCUT2D eigenvalue weighted by Crippen LogP contribution is 2.49. The van der Waals surface area contributed by atoms with Crippen LogP contribution in [0.25, 0.3) is 21.9 Å². The lowest BCUT2D eigenvalue weighted by atomic mass is 9.84. The fourth-order valence-corrected chi connectivity index (χ4v) is 26.3. The fraction of sp³-hybridized carbons (Fsp3) is 0.673. The third-order valence-corrected chi connectivity index (χ3v) is 28.5. The van der Waals surface area contributed by atoms with Gasteiger partial charge in [-0.15, -0.1) is 0 Å². The number of carbonyl (C=O) groups is 1. The van der Waals surface area contributed by atoms with Crippen LogP contribution in [0.1, 0.15) is 165 Å². The summed E-state index contributed by atoms with van der Waals surface area (Å²) in [5.74, 6) is 1.54. The average molecular weight is 826 g/mol. The van der Waals surface area contributed by atoms with Gasteiger partial charge in [0.15, 0.2) is 16.5 Å². The minimum atomic E-state index is -2.20. The van der Waals surface area contributed by atoms with Crippen molar-refractivity contribution in [3.05, 3.63) is 53.3 Å². The van der Waals surface area contributed by atoms with Crippen LogP contribution in [-0.2, 0) is 17.6 Å². The molecule has 1 saturated carbocycles. The molecular formula is C49H79N5O2Si2. The lowest BCUT2D eigenvalue weighted by molar-refractivity contribution is 0.0210. The highest BCUT2D eigenvalue weighted by atomic mass is 28.3. The smallest absolute Gasteiger partial charge is 0.410 e. The summed E-state index contributed by atoms with van der Waals surface area (Å²) in [5.41, 5.74) is 10.9. The number of likely N-dealkylation sites (N-methyl/N-ethyl adjacent to an activating group) is 1. The molecule has 0 saturated heterocycles. The number of nitrogens with one attached hydrogen (secondary N) is 1. The predicted octanol–water partition coefficient (Wildman–Crippen LogP) is 14.6. The largest absolute Gasteiger partial charge is 0.444 e. The first-order chi connectivity index (χ1) is 27.2. The van der Waals surface area contributed by atoms with Crippen molar-refractivity contribution in [2.45, 2.75) is 206 Å².